The van der Waals surface area contributed by atoms with Crippen LogP contribution >= 0.6 is 0 Å². The van der Waals surface area contributed by atoms with E-state index in [1.807, 2.05) is 0 Å². The van der Waals surface area contributed by atoms with E-state index in [0.717, 1.165) is 37.0 Å². The molecule has 146 valence electrons. The molecule has 4 saturated carbocycles. The maximum Gasteiger partial charge on any atom is 0.387 e. The first-order chi connectivity index (χ1) is 12.9. The number of carbonyl (C=O) groups is 1. The first-order valence-electron chi connectivity index (χ1n) is 9.58. The second-order valence-electron chi connectivity index (χ2n) is 8.31. The van der Waals surface area contributed by atoms with Crippen molar-refractivity contribution in [3.05, 3.63) is 29.8 Å². The molecule has 0 aromatic heterocycles. The summed E-state index contributed by atoms with van der Waals surface area (Å²) in [5.41, 5.74) is 0.664. The van der Waals surface area contributed by atoms with Gasteiger partial charge in [-0.3, -0.25) is 4.79 Å². The third kappa shape index (κ3) is 3.94. The van der Waals surface area contributed by atoms with Gasteiger partial charge in [0.15, 0.2) is 11.5 Å². The fourth-order valence-electron chi connectivity index (χ4n) is 5.72. The predicted molar refractivity (Wildman–Crippen MR) is 97.7 cm³/mol. The molecule has 0 saturated heterocycles. The number of rotatable bonds is 6. The van der Waals surface area contributed by atoms with Crippen LogP contribution in [0.5, 0.6) is 11.5 Å². The molecule has 4 aliphatic rings. The molecule has 4 nitrogen and oxygen atoms in total. The van der Waals surface area contributed by atoms with Crippen molar-refractivity contribution in [1.29, 1.82) is 0 Å². The summed E-state index contributed by atoms with van der Waals surface area (Å²) >= 11 is 0. The standard InChI is InChI=1S/C21H25F2NO3/c1-26-18-9-13(2-4-17(18)27-20(22)23)3-5-19(25)24-21-10-14-6-15(11-21)8-16(7-14)12-21/h2-5,9,14-16,20H,6-8,10-12H2,1H3,(H,24,25)/b5-3-. The molecular formula is C21H25F2NO3. The zero-order valence-electron chi connectivity index (χ0n) is 15.4. The molecule has 0 heterocycles. The first-order valence-corrected chi connectivity index (χ1v) is 9.58. The van der Waals surface area contributed by atoms with Gasteiger partial charge in [0.2, 0.25) is 5.91 Å². The van der Waals surface area contributed by atoms with Crippen LogP contribution in [0.25, 0.3) is 6.08 Å². The third-order valence-electron chi connectivity index (χ3n) is 6.26. The second-order valence-corrected chi connectivity index (χ2v) is 8.31. The van der Waals surface area contributed by atoms with E-state index >= 15 is 0 Å². The summed E-state index contributed by atoms with van der Waals surface area (Å²) in [6, 6.07) is 4.61. The monoisotopic (exact) mass is 377 g/mol. The number of halogens is 2. The second kappa shape index (κ2) is 7.13. The molecule has 0 aliphatic heterocycles. The Morgan fingerprint density at radius 1 is 1.15 bits per heavy atom. The average Bonchev–Trinajstić information content (AvgIpc) is 2.58. The lowest BCUT2D eigenvalue weighted by Crippen LogP contribution is -2.59. The number of hydrogen-bond donors (Lipinski definition) is 1. The Morgan fingerprint density at radius 2 is 1.78 bits per heavy atom. The highest BCUT2D eigenvalue weighted by molar-refractivity contribution is 5.92. The van der Waals surface area contributed by atoms with E-state index in [0.29, 0.717) is 5.56 Å². The zero-order valence-corrected chi connectivity index (χ0v) is 15.4. The van der Waals surface area contributed by atoms with E-state index in [1.165, 1.54) is 38.5 Å². The van der Waals surface area contributed by atoms with Gasteiger partial charge in [0.05, 0.1) is 7.11 Å². The van der Waals surface area contributed by atoms with Gasteiger partial charge in [-0.05, 0) is 80.1 Å². The molecule has 4 bridgehead atoms. The van der Waals surface area contributed by atoms with Gasteiger partial charge in [-0.25, -0.2) is 0 Å². The van der Waals surface area contributed by atoms with Crippen molar-refractivity contribution in [2.45, 2.75) is 50.7 Å². The number of amides is 1. The van der Waals surface area contributed by atoms with Crippen LogP contribution < -0.4 is 14.8 Å². The van der Waals surface area contributed by atoms with Crippen molar-refractivity contribution in [3.63, 3.8) is 0 Å². The van der Waals surface area contributed by atoms with Crippen LogP contribution in [0.1, 0.15) is 44.1 Å². The van der Waals surface area contributed by atoms with E-state index in [4.69, 9.17) is 4.74 Å². The summed E-state index contributed by atoms with van der Waals surface area (Å²) in [7, 11) is 1.39. The molecule has 0 radical (unpaired) electrons. The minimum atomic E-state index is -2.91. The minimum absolute atomic E-state index is 0.0250. The Labute approximate surface area is 157 Å². The number of hydrogen-bond acceptors (Lipinski definition) is 3. The van der Waals surface area contributed by atoms with E-state index in [-0.39, 0.29) is 22.9 Å². The maximum atomic E-state index is 12.5. The number of alkyl halides is 2. The highest BCUT2D eigenvalue weighted by Crippen LogP contribution is 2.55. The van der Waals surface area contributed by atoms with Crippen LogP contribution in [-0.4, -0.2) is 25.2 Å². The van der Waals surface area contributed by atoms with Crippen LogP contribution in [0.15, 0.2) is 24.3 Å². The normalized spacial score (nSPS) is 31.5. The van der Waals surface area contributed by atoms with Gasteiger partial charge in [0.1, 0.15) is 0 Å². The number of carbonyl (C=O) groups excluding carboxylic acids is 1. The molecule has 0 spiro atoms. The lowest BCUT2D eigenvalue weighted by atomic mass is 9.53. The number of ether oxygens (including phenoxy) is 2. The van der Waals surface area contributed by atoms with Gasteiger partial charge in [-0.1, -0.05) is 6.07 Å². The minimum Gasteiger partial charge on any atom is -0.493 e. The molecule has 1 aromatic carbocycles. The van der Waals surface area contributed by atoms with Crippen molar-refractivity contribution in [2.24, 2.45) is 17.8 Å². The summed E-state index contributed by atoms with van der Waals surface area (Å²) in [5.74, 6) is 2.40. The topological polar surface area (TPSA) is 47.6 Å². The van der Waals surface area contributed by atoms with Gasteiger partial charge < -0.3 is 14.8 Å². The molecule has 5 rings (SSSR count). The van der Waals surface area contributed by atoms with Gasteiger partial charge >= 0.3 is 6.61 Å². The van der Waals surface area contributed by atoms with E-state index in [1.54, 1.807) is 18.2 Å². The Bertz CT molecular complexity index is 712. The summed E-state index contributed by atoms with van der Waals surface area (Å²) in [6.45, 7) is -2.91. The largest absolute Gasteiger partial charge is 0.493 e. The molecule has 1 N–H and O–H groups in total. The summed E-state index contributed by atoms with van der Waals surface area (Å²) < 4.78 is 34.3. The highest BCUT2D eigenvalue weighted by Gasteiger charge is 2.51. The summed E-state index contributed by atoms with van der Waals surface area (Å²) in [5, 5.41) is 3.28. The predicted octanol–water partition coefficient (Wildman–Crippen LogP) is 4.39. The molecular weight excluding hydrogens is 352 g/mol. The number of methoxy groups -OCH3 is 1. The fraction of sp³-hybridized carbons (Fsp3) is 0.571. The molecule has 4 fully saturated rings. The molecule has 27 heavy (non-hydrogen) atoms. The quantitative estimate of drug-likeness (QED) is 0.748. The number of nitrogens with one attached hydrogen (secondary N) is 1. The van der Waals surface area contributed by atoms with Crippen molar-refractivity contribution in [1.82, 2.24) is 5.32 Å². The summed E-state index contributed by atoms with van der Waals surface area (Å²) in [4.78, 5) is 12.5. The third-order valence-corrected chi connectivity index (χ3v) is 6.26. The Morgan fingerprint density at radius 3 is 2.33 bits per heavy atom. The Hall–Kier alpha value is -2.11. The molecule has 0 unspecified atom stereocenters. The summed E-state index contributed by atoms with van der Waals surface area (Å²) in [6.07, 6.45) is 10.5. The van der Waals surface area contributed by atoms with Crippen molar-refractivity contribution in [3.8, 4) is 11.5 Å². The van der Waals surface area contributed by atoms with Gasteiger partial charge in [0.25, 0.3) is 0 Å². The fourth-order valence-corrected chi connectivity index (χ4v) is 5.72. The van der Waals surface area contributed by atoms with Gasteiger partial charge in [-0.15, -0.1) is 0 Å². The van der Waals surface area contributed by atoms with Crippen molar-refractivity contribution < 1.29 is 23.0 Å². The van der Waals surface area contributed by atoms with E-state index < -0.39 is 6.61 Å². The molecule has 4 aliphatic carbocycles. The molecule has 0 atom stereocenters. The highest BCUT2D eigenvalue weighted by atomic mass is 19.3. The van der Waals surface area contributed by atoms with Crippen LogP contribution in [-0.2, 0) is 4.79 Å². The molecule has 1 amide bonds. The smallest absolute Gasteiger partial charge is 0.387 e. The SMILES string of the molecule is COc1cc(/C=C\C(=O)NC23CC4CC(CC(C4)C2)C3)ccc1OC(F)F. The zero-order chi connectivity index (χ0) is 19.0. The first kappa shape index (κ1) is 18.3. The Balaban J connectivity index is 1.41. The maximum absolute atomic E-state index is 12.5. The number of benzene rings is 1. The lowest BCUT2D eigenvalue weighted by molar-refractivity contribution is -0.122. The van der Waals surface area contributed by atoms with Crippen molar-refractivity contribution >= 4 is 12.0 Å². The molecule has 6 heteroatoms. The van der Waals surface area contributed by atoms with Crippen LogP contribution in [0, 0.1) is 17.8 Å². The van der Waals surface area contributed by atoms with Crippen LogP contribution in [0.4, 0.5) is 8.78 Å². The molecule has 1 aromatic rings. The van der Waals surface area contributed by atoms with Crippen molar-refractivity contribution in [2.75, 3.05) is 7.11 Å². The average molecular weight is 377 g/mol. The van der Waals surface area contributed by atoms with E-state index in [9.17, 15) is 13.6 Å². The van der Waals surface area contributed by atoms with Gasteiger partial charge in [0, 0.05) is 11.6 Å². The lowest BCUT2D eigenvalue weighted by Gasteiger charge is -2.56. The van der Waals surface area contributed by atoms with Crippen LogP contribution in [0.3, 0.4) is 0 Å². The van der Waals surface area contributed by atoms with E-state index in [2.05, 4.69) is 10.1 Å². The van der Waals surface area contributed by atoms with Crippen LogP contribution in [0.2, 0.25) is 0 Å². The van der Waals surface area contributed by atoms with Gasteiger partial charge in [-0.2, -0.15) is 8.78 Å². The Kier molecular flexibility index (Phi) is 4.82.